The fraction of sp³-hybridized carbons (Fsp3) is 0.600. The lowest BCUT2D eigenvalue weighted by atomic mass is 9.80. The molecule has 18 heavy (non-hydrogen) atoms. The molecule has 3 heteroatoms. The normalized spacial score (nSPS) is 28.3. The first-order chi connectivity index (χ1) is 8.58. The van der Waals surface area contributed by atoms with Crippen LogP contribution in [-0.4, -0.2) is 6.10 Å². The van der Waals surface area contributed by atoms with Gasteiger partial charge in [-0.15, -0.1) is 0 Å². The molecule has 0 aliphatic heterocycles. The van der Waals surface area contributed by atoms with Crippen molar-refractivity contribution in [1.82, 2.24) is 0 Å². The third kappa shape index (κ3) is 3.18. The summed E-state index contributed by atoms with van der Waals surface area (Å²) in [7, 11) is 0. The van der Waals surface area contributed by atoms with E-state index in [0.717, 1.165) is 35.9 Å². The summed E-state index contributed by atoms with van der Waals surface area (Å²) in [4.78, 5) is 0. The van der Waals surface area contributed by atoms with E-state index in [1.54, 1.807) is 0 Å². The molecule has 100 valence electrons. The predicted octanol–water partition coefficient (Wildman–Crippen LogP) is 4.26. The molecule has 1 fully saturated rings. The van der Waals surface area contributed by atoms with Gasteiger partial charge in [0.2, 0.25) is 0 Å². The van der Waals surface area contributed by atoms with Crippen LogP contribution in [0.15, 0.2) is 18.2 Å². The van der Waals surface area contributed by atoms with Crippen LogP contribution in [0.2, 0.25) is 5.02 Å². The molecule has 1 aromatic rings. The monoisotopic (exact) mass is 267 g/mol. The number of nitrogen functional groups attached to an aromatic ring is 1. The molecule has 2 nitrogen and oxygen atoms in total. The summed E-state index contributed by atoms with van der Waals surface area (Å²) in [5.74, 6) is 1.56. The second-order valence-electron chi connectivity index (χ2n) is 5.51. The van der Waals surface area contributed by atoms with E-state index in [0.29, 0.717) is 17.7 Å². The van der Waals surface area contributed by atoms with Gasteiger partial charge in [0.15, 0.2) is 0 Å². The quantitative estimate of drug-likeness (QED) is 0.831. The van der Waals surface area contributed by atoms with E-state index < -0.39 is 0 Å². The van der Waals surface area contributed by atoms with Crippen molar-refractivity contribution in [3.05, 3.63) is 28.8 Å². The van der Waals surface area contributed by atoms with Crippen LogP contribution in [-0.2, 0) is 11.3 Å². The maximum absolute atomic E-state index is 6.14. The summed E-state index contributed by atoms with van der Waals surface area (Å²) < 4.78 is 5.98. The maximum Gasteiger partial charge on any atom is 0.0755 e. The minimum atomic E-state index is 0.354. The largest absolute Gasteiger partial charge is 0.398 e. The lowest BCUT2D eigenvalue weighted by Gasteiger charge is -2.32. The Morgan fingerprint density at radius 1 is 1.28 bits per heavy atom. The number of anilines is 1. The van der Waals surface area contributed by atoms with Gasteiger partial charge in [0.25, 0.3) is 0 Å². The third-order valence-electron chi connectivity index (χ3n) is 4.17. The van der Waals surface area contributed by atoms with Crippen LogP contribution in [0.5, 0.6) is 0 Å². The Labute approximate surface area is 114 Å². The highest BCUT2D eigenvalue weighted by molar-refractivity contribution is 6.31. The van der Waals surface area contributed by atoms with Crippen LogP contribution in [0.3, 0.4) is 0 Å². The molecule has 0 heterocycles. The molecule has 2 N–H and O–H groups in total. The number of ether oxygens (including phenoxy) is 1. The van der Waals surface area contributed by atoms with Gasteiger partial charge in [-0.05, 0) is 43.2 Å². The molecule has 2 rings (SSSR count). The van der Waals surface area contributed by atoms with Gasteiger partial charge in [0, 0.05) is 16.3 Å². The number of hydrogen-bond acceptors (Lipinski definition) is 2. The molecule has 1 saturated carbocycles. The summed E-state index contributed by atoms with van der Waals surface area (Å²) in [6.07, 6.45) is 3.90. The second-order valence-corrected chi connectivity index (χ2v) is 5.92. The van der Waals surface area contributed by atoms with E-state index in [4.69, 9.17) is 22.1 Å². The number of benzene rings is 1. The summed E-state index contributed by atoms with van der Waals surface area (Å²) in [6, 6.07) is 5.60. The van der Waals surface area contributed by atoms with Crippen LogP contribution < -0.4 is 5.73 Å². The third-order valence-corrected chi connectivity index (χ3v) is 4.52. The Morgan fingerprint density at radius 2 is 2.06 bits per heavy atom. The molecule has 0 radical (unpaired) electrons. The smallest absolute Gasteiger partial charge is 0.0755 e. The first kappa shape index (κ1) is 13.7. The standard InChI is InChI=1S/C15H22ClNO/c1-10-6-7-12(8-11(10)2)18-9-13-14(16)4-3-5-15(13)17/h3-5,10-12H,6-9,17H2,1-2H3. The van der Waals surface area contributed by atoms with Crippen LogP contribution in [0, 0.1) is 11.8 Å². The first-order valence-electron chi connectivity index (χ1n) is 6.72. The van der Waals surface area contributed by atoms with Gasteiger partial charge in [-0.3, -0.25) is 0 Å². The van der Waals surface area contributed by atoms with Crippen molar-refractivity contribution in [3.8, 4) is 0 Å². The Balaban J connectivity index is 1.92. The second kappa shape index (κ2) is 5.94. The Kier molecular flexibility index (Phi) is 4.52. The van der Waals surface area contributed by atoms with Crippen LogP contribution in [0.4, 0.5) is 5.69 Å². The fourth-order valence-electron chi connectivity index (χ4n) is 2.58. The van der Waals surface area contributed by atoms with Crippen LogP contribution in [0.25, 0.3) is 0 Å². The first-order valence-corrected chi connectivity index (χ1v) is 7.10. The van der Waals surface area contributed by atoms with Gasteiger partial charge in [-0.1, -0.05) is 31.5 Å². The number of halogens is 1. The summed E-state index contributed by atoms with van der Waals surface area (Å²) in [5, 5.41) is 0.701. The zero-order chi connectivity index (χ0) is 13.1. The Hall–Kier alpha value is -0.730. The van der Waals surface area contributed by atoms with E-state index in [1.807, 2.05) is 18.2 Å². The van der Waals surface area contributed by atoms with Gasteiger partial charge in [0.05, 0.1) is 12.7 Å². The van der Waals surface area contributed by atoms with E-state index in [-0.39, 0.29) is 0 Å². The van der Waals surface area contributed by atoms with Crippen LogP contribution in [0.1, 0.15) is 38.7 Å². The van der Waals surface area contributed by atoms with E-state index in [9.17, 15) is 0 Å². The maximum atomic E-state index is 6.14. The molecule has 0 spiro atoms. The number of hydrogen-bond donors (Lipinski definition) is 1. The zero-order valence-electron chi connectivity index (χ0n) is 11.2. The SMILES string of the molecule is CC1CCC(OCc2c(N)cccc2Cl)CC1C. The summed E-state index contributed by atoms with van der Waals surface area (Å²) >= 11 is 6.14. The van der Waals surface area contributed by atoms with Crippen molar-refractivity contribution in [2.75, 3.05) is 5.73 Å². The molecule has 0 aromatic heterocycles. The molecule has 0 amide bonds. The van der Waals surface area contributed by atoms with Gasteiger partial charge in [0.1, 0.15) is 0 Å². The van der Waals surface area contributed by atoms with E-state index >= 15 is 0 Å². The van der Waals surface area contributed by atoms with Crippen molar-refractivity contribution in [3.63, 3.8) is 0 Å². The van der Waals surface area contributed by atoms with Gasteiger partial charge < -0.3 is 10.5 Å². The molecule has 0 bridgehead atoms. The van der Waals surface area contributed by atoms with Gasteiger partial charge in [-0.2, -0.15) is 0 Å². The van der Waals surface area contributed by atoms with Gasteiger partial charge >= 0.3 is 0 Å². The Bertz CT molecular complexity index is 387. The molecule has 1 aromatic carbocycles. The lowest BCUT2D eigenvalue weighted by Crippen LogP contribution is -2.26. The highest BCUT2D eigenvalue weighted by Crippen LogP contribution is 2.32. The van der Waals surface area contributed by atoms with E-state index in [2.05, 4.69) is 13.8 Å². The fourth-order valence-corrected chi connectivity index (χ4v) is 2.81. The molecule has 3 unspecified atom stereocenters. The average molecular weight is 268 g/mol. The predicted molar refractivity (Wildman–Crippen MR) is 76.6 cm³/mol. The summed E-state index contributed by atoms with van der Waals surface area (Å²) in [5.41, 5.74) is 7.57. The molecule has 1 aliphatic carbocycles. The summed E-state index contributed by atoms with van der Waals surface area (Å²) in [6.45, 7) is 5.16. The van der Waals surface area contributed by atoms with Crippen LogP contribution >= 0.6 is 11.6 Å². The van der Waals surface area contributed by atoms with Crippen molar-refractivity contribution in [1.29, 1.82) is 0 Å². The van der Waals surface area contributed by atoms with Crippen molar-refractivity contribution in [2.45, 2.75) is 45.8 Å². The molecule has 3 atom stereocenters. The topological polar surface area (TPSA) is 35.2 Å². The average Bonchev–Trinajstić information content (AvgIpc) is 2.33. The van der Waals surface area contributed by atoms with Gasteiger partial charge in [-0.25, -0.2) is 0 Å². The minimum absolute atomic E-state index is 0.354. The minimum Gasteiger partial charge on any atom is -0.398 e. The number of nitrogens with two attached hydrogens (primary N) is 1. The molecular weight excluding hydrogens is 246 g/mol. The molecule has 1 aliphatic rings. The van der Waals surface area contributed by atoms with Crippen molar-refractivity contribution in [2.24, 2.45) is 11.8 Å². The molecule has 0 saturated heterocycles. The van der Waals surface area contributed by atoms with E-state index in [1.165, 1.54) is 6.42 Å². The lowest BCUT2D eigenvalue weighted by molar-refractivity contribution is -0.00718. The Morgan fingerprint density at radius 3 is 2.72 bits per heavy atom. The zero-order valence-corrected chi connectivity index (χ0v) is 11.9. The molecular formula is C15H22ClNO. The van der Waals surface area contributed by atoms with Crippen molar-refractivity contribution < 1.29 is 4.74 Å². The van der Waals surface area contributed by atoms with Crippen molar-refractivity contribution >= 4 is 17.3 Å². The highest BCUT2D eigenvalue weighted by atomic mass is 35.5. The number of rotatable bonds is 3. The highest BCUT2D eigenvalue weighted by Gasteiger charge is 2.25.